The van der Waals surface area contributed by atoms with Crippen LogP contribution in [0.2, 0.25) is 0 Å². The lowest BCUT2D eigenvalue weighted by molar-refractivity contribution is 0.248. The second-order valence-corrected chi connectivity index (χ2v) is 7.10. The molecule has 1 aromatic heterocycles. The normalized spacial score (nSPS) is 15.3. The number of piperazine rings is 1. The first kappa shape index (κ1) is 18.0. The van der Waals surface area contributed by atoms with Gasteiger partial charge in [0.05, 0.1) is 14.2 Å². The predicted octanol–water partition coefficient (Wildman–Crippen LogP) is 3.49. The van der Waals surface area contributed by atoms with E-state index in [1.165, 1.54) is 11.1 Å². The molecule has 6 heteroatoms. The fourth-order valence-electron chi connectivity index (χ4n) is 3.07. The highest BCUT2D eigenvalue weighted by Crippen LogP contribution is 2.28. The minimum Gasteiger partial charge on any atom is -0.493 e. The molecule has 1 saturated heterocycles. The van der Waals surface area contributed by atoms with Crippen LogP contribution in [0.3, 0.4) is 0 Å². The number of halogens is 1. The molecule has 0 N–H and O–H groups in total. The van der Waals surface area contributed by atoms with E-state index >= 15 is 0 Å². The second kappa shape index (κ2) is 8.06. The number of hydrogen-bond donors (Lipinski definition) is 0. The van der Waals surface area contributed by atoms with Gasteiger partial charge in [-0.25, -0.2) is 4.98 Å². The fourth-order valence-corrected chi connectivity index (χ4v) is 3.29. The molecule has 2 heterocycles. The van der Waals surface area contributed by atoms with Crippen molar-refractivity contribution in [1.29, 1.82) is 0 Å². The van der Waals surface area contributed by atoms with E-state index in [0.29, 0.717) is 0 Å². The van der Waals surface area contributed by atoms with Crippen molar-refractivity contribution in [3.8, 4) is 11.5 Å². The Kier molecular flexibility index (Phi) is 5.81. The number of rotatable bonds is 5. The Hall–Kier alpha value is -1.79. The van der Waals surface area contributed by atoms with E-state index in [-0.39, 0.29) is 0 Å². The molecule has 25 heavy (non-hydrogen) atoms. The van der Waals surface area contributed by atoms with Crippen LogP contribution in [0.4, 0.5) is 5.82 Å². The number of benzene rings is 1. The van der Waals surface area contributed by atoms with Crippen molar-refractivity contribution in [3.63, 3.8) is 0 Å². The van der Waals surface area contributed by atoms with Crippen LogP contribution in [-0.4, -0.2) is 50.3 Å². The lowest BCUT2D eigenvalue weighted by atomic mass is 10.1. The average molecular weight is 406 g/mol. The van der Waals surface area contributed by atoms with Crippen LogP contribution in [0.25, 0.3) is 0 Å². The number of pyridine rings is 1. The standard InChI is InChI=1S/C19H24BrN3O2/c1-14-10-19(21-12-16(14)20)23-8-6-22(7-9-23)13-15-4-5-17(24-2)18(11-15)25-3/h4-5,10-12H,6-9,13H2,1-3H3. The van der Waals surface area contributed by atoms with Crippen LogP contribution in [0.15, 0.2) is 34.9 Å². The van der Waals surface area contributed by atoms with Gasteiger partial charge in [-0.05, 0) is 52.2 Å². The minimum absolute atomic E-state index is 0.771. The quantitative estimate of drug-likeness (QED) is 0.760. The monoisotopic (exact) mass is 405 g/mol. The van der Waals surface area contributed by atoms with Gasteiger partial charge in [-0.15, -0.1) is 0 Å². The van der Waals surface area contributed by atoms with E-state index in [2.05, 4.69) is 55.8 Å². The lowest BCUT2D eigenvalue weighted by Crippen LogP contribution is -2.46. The molecule has 0 bridgehead atoms. The summed E-state index contributed by atoms with van der Waals surface area (Å²) in [6.07, 6.45) is 1.89. The maximum absolute atomic E-state index is 5.40. The zero-order valence-electron chi connectivity index (χ0n) is 15.0. The Morgan fingerprint density at radius 1 is 1.04 bits per heavy atom. The summed E-state index contributed by atoms with van der Waals surface area (Å²) in [7, 11) is 3.34. The summed E-state index contributed by atoms with van der Waals surface area (Å²) in [5.41, 5.74) is 2.46. The van der Waals surface area contributed by atoms with Crippen LogP contribution in [0, 0.1) is 6.92 Å². The zero-order valence-corrected chi connectivity index (χ0v) is 16.5. The third kappa shape index (κ3) is 4.25. The van der Waals surface area contributed by atoms with Crippen molar-refractivity contribution in [2.75, 3.05) is 45.3 Å². The summed E-state index contributed by atoms with van der Waals surface area (Å²) in [6.45, 7) is 7.03. The highest BCUT2D eigenvalue weighted by Gasteiger charge is 2.19. The molecule has 0 saturated carbocycles. The largest absolute Gasteiger partial charge is 0.493 e. The van der Waals surface area contributed by atoms with E-state index in [0.717, 1.165) is 54.5 Å². The van der Waals surface area contributed by atoms with Gasteiger partial charge >= 0.3 is 0 Å². The zero-order chi connectivity index (χ0) is 17.8. The number of aryl methyl sites for hydroxylation is 1. The van der Waals surface area contributed by atoms with Crippen molar-refractivity contribution in [1.82, 2.24) is 9.88 Å². The highest BCUT2D eigenvalue weighted by atomic mass is 79.9. The summed E-state index contributed by atoms with van der Waals surface area (Å²) in [5, 5.41) is 0. The summed E-state index contributed by atoms with van der Waals surface area (Å²) in [6, 6.07) is 8.28. The van der Waals surface area contributed by atoms with Crippen molar-refractivity contribution >= 4 is 21.7 Å². The molecule has 5 nitrogen and oxygen atoms in total. The van der Waals surface area contributed by atoms with Crippen LogP contribution in [0.5, 0.6) is 11.5 Å². The maximum atomic E-state index is 5.40. The molecule has 0 atom stereocenters. The molecule has 3 rings (SSSR count). The molecular weight excluding hydrogens is 382 g/mol. The van der Waals surface area contributed by atoms with Gasteiger partial charge in [-0.1, -0.05) is 6.07 Å². The molecule has 0 spiro atoms. The van der Waals surface area contributed by atoms with Crippen molar-refractivity contribution in [2.45, 2.75) is 13.5 Å². The predicted molar refractivity (Wildman–Crippen MR) is 104 cm³/mol. The molecule has 0 amide bonds. The molecule has 2 aromatic rings. The Balaban J connectivity index is 1.60. The van der Waals surface area contributed by atoms with E-state index < -0.39 is 0 Å². The topological polar surface area (TPSA) is 37.8 Å². The van der Waals surface area contributed by atoms with Crippen molar-refractivity contribution < 1.29 is 9.47 Å². The molecule has 1 fully saturated rings. The van der Waals surface area contributed by atoms with Gasteiger partial charge in [0, 0.05) is 43.4 Å². The van der Waals surface area contributed by atoms with Gasteiger partial charge in [-0.2, -0.15) is 0 Å². The first-order valence-corrected chi connectivity index (χ1v) is 9.20. The third-order valence-electron chi connectivity index (χ3n) is 4.58. The van der Waals surface area contributed by atoms with Gasteiger partial charge in [-0.3, -0.25) is 4.90 Å². The molecular formula is C19H24BrN3O2. The number of nitrogens with zero attached hydrogens (tertiary/aromatic N) is 3. The second-order valence-electron chi connectivity index (χ2n) is 6.24. The van der Waals surface area contributed by atoms with Crippen LogP contribution in [-0.2, 0) is 6.54 Å². The Morgan fingerprint density at radius 3 is 2.40 bits per heavy atom. The first-order valence-electron chi connectivity index (χ1n) is 8.41. The smallest absolute Gasteiger partial charge is 0.161 e. The van der Waals surface area contributed by atoms with Gasteiger partial charge in [0.25, 0.3) is 0 Å². The van der Waals surface area contributed by atoms with Crippen LogP contribution in [0.1, 0.15) is 11.1 Å². The molecule has 1 aliphatic heterocycles. The minimum atomic E-state index is 0.771. The average Bonchev–Trinajstić information content (AvgIpc) is 2.64. The van der Waals surface area contributed by atoms with Gasteiger partial charge in [0.1, 0.15) is 5.82 Å². The van der Waals surface area contributed by atoms with E-state index in [4.69, 9.17) is 9.47 Å². The number of hydrogen-bond acceptors (Lipinski definition) is 5. The molecule has 1 aliphatic rings. The summed E-state index contributed by atoms with van der Waals surface area (Å²) in [5.74, 6) is 2.62. The highest BCUT2D eigenvalue weighted by molar-refractivity contribution is 9.10. The number of methoxy groups -OCH3 is 2. The molecule has 134 valence electrons. The Labute approximate surface area is 157 Å². The van der Waals surface area contributed by atoms with E-state index in [1.807, 2.05) is 12.3 Å². The SMILES string of the molecule is COc1ccc(CN2CCN(c3cc(C)c(Br)cn3)CC2)cc1OC. The van der Waals surface area contributed by atoms with E-state index in [1.54, 1.807) is 14.2 Å². The maximum Gasteiger partial charge on any atom is 0.161 e. The Bertz CT molecular complexity index is 731. The lowest BCUT2D eigenvalue weighted by Gasteiger charge is -2.35. The number of anilines is 1. The third-order valence-corrected chi connectivity index (χ3v) is 5.41. The molecule has 0 unspecified atom stereocenters. The van der Waals surface area contributed by atoms with Gasteiger partial charge < -0.3 is 14.4 Å². The number of ether oxygens (including phenoxy) is 2. The van der Waals surface area contributed by atoms with Gasteiger partial charge in [0.15, 0.2) is 11.5 Å². The van der Waals surface area contributed by atoms with Gasteiger partial charge in [0.2, 0.25) is 0 Å². The Morgan fingerprint density at radius 2 is 1.76 bits per heavy atom. The van der Waals surface area contributed by atoms with Crippen LogP contribution >= 0.6 is 15.9 Å². The van der Waals surface area contributed by atoms with Crippen molar-refractivity contribution in [3.05, 3.63) is 46.1 Å². The van der Waals surface area contributed by atoms with E-state index in [9.17, 15) is 0 Å². The van der Waals surface area contributed by atoms with Crippen molar-refractivity contribution in [2.24, 2.45) is 0 Å². The summed E-state index contributed by atoms with van der Waals surface area (Å²) < 4.78 is 11.8. The number of aromatic nitrogens is 1. The molecule has 0 aliphatic carbocycles. The molecule has 0 radical (unpaired) electrons. The fraction of sp³-hybridized carbons (Fsp3) is 0.421. The molecule has 1 aromatic carbocycles. The first-order chi connectivity index (χ1) is 12.1. The van der Waals surface area contributed by atoms with Crippen LogP contribution < -0.4 is 14.4 Å². The summed E-state index contributed by atoms with van der Waals surface area (Å²) >= 11 is 3.51. The summed E-state index contributed by atoms with van der Waals surface area (Å²) in [4.78, 5) is 9.36.